The third-order valence-electron chi connectivity index (χ3n) is 8.61. The van der Waals surface area contributed by atoms with Gasteiger partial charge in [-0.15, -0.1) is 5.10 Å². The minimum absolute atomic E-state index is 0.0707. The van der Waals surface area contributed by atoms with Crippen LogP contribution in [-0.4, -0.2) is 105 Å². The van der Waals surface area contributed by atoms with Crippen molar-refractivity contribution in [1.29, 1.82) is 0 Å². The Balaban J connectivity index is 0.000000639. The number of carboxylic acids is 2. The Morgan fingerprint density at radius 1 is 0.714 bits per heavy atom. The molecular weight excluding hydrogens is 819 g/mol. The second-order valence-corrected chi connectivity index (χ2v) is 13.7. The standard InChI is InChI=1S/C37H31N9O5.2C3H6O3/c1-21-7-5-17-45(19-21)31-23(3)29(34(48)39-36(31)50)43-41-27-11-9-25(10-12-27)33(47)38-26-13-15-28(16-14-26)42-44-30-24(4)32(37(51)40-35(30)49)46-18-6-8-22(2)20-46;2*1-2(4)3(5)6/h5-20H,1-4H3,(H3-2,38,39,40,41,42,43,44,47,48,49,50,51);2*2,4H,1H3,(H,5,6)/p+2. The van der Waals surface area contributed by atoms with Crippen molar-refractivity contribution < 1.29 is 64.4 Å². The summed E-state index contributed by atoms with van der Waals surface area (Å²) in [5.74, 6) is -4.44. The van der Waals surface area contributed by atoms with Crippen molar-refractivity contribution in [2.24, 2.45) is 25.3 Å². The topological polar surface area (TPSA) is 308 Å². The molecule has 20 nitrogen and oxygen atoms in total. The van der Waals surface area contributed by atoms with Crippen LogP contribution in [0.1, 0.15) is 37.5 Å². The van der Waals surface area contributed by atoms with Crippen molar-refractivity contribution >= 4 is 58.0 Å². The minimum Gasteiger partial charge on any atom is -0.493 e. The first-order chi connectivity index (χ1) is 29.8. The van der Waals surface area contributed by atoms with Crippen LogP contribution in [-0.2, 0) is 14.4 Å². The maximum atomic E-state index is 12.6. The van der Waals surface area contributed by atoms with Crippen LogP contribution in [0.15, 0.2) is 140 Å². The van der Waals surface area contributed by atoms with Crippen LogP contribution >= 0.6 is 0 Å². The van der Waals surface area contributed by atoms with Gasteiger partial charge in [-0.25, -0.2) is 14.6 Å². The number of carboxylic acid groups (broad SMARTS) is 2. The molecule has 0 radical (unpaired) electrons. The Kier molecular flexibility index (Phi) is 16.1. The van der Waals surface area contributed by atoms with Crippen LogP contribution < -0.4 is 14.6 Å². The van der Waals surface area contributed by atoms with E-state index < -0.39 is 41.8 Å². The maximum Gasteiger partial charge on any atom is 0.345 e. The van der Waals surface area contributed by atoms with Gasteiger partial charge in [0.1, 0.15) is 17.9 Å². The molecule has 4 heterocycles. The molecule has 3 aliphatic rings. The molecule has 326 valence electrons. The van der Waals surface area contributed by atoms with Crippen LogP contribution in [0.2, 0.25) is 0 Å². The highest BCUT2D eigenvalue weighted by molar-refractivity contribution is 6.51. The largest absolute Gasteiger partial charge is 0.493 e. The highest BCUT2D eigenvalue weighted by Gasteiger charge is 2.33. The van der Waals surface area contributed by atoms with Crippen molar-refractivity contribution in [2.75, 3.05) is 5.43 Å². The Bertz CT molecular complexity index is 2610. The zero-order valence-electron chi connectivity index (χ0n) is 34.8. The molecule has 2 aliphatic carbocycles. The summed E-state index contributed by atoms with van der Waals surface area (Å²) < 4.78 is 3.36. The Hall–Kier alpha value is -8.23. The number of hydrogen-bond donors (Lipinski definition) is 9. The van der Waals surface area contributed by atoms with Crippen molar-refractivity contribution in [3.8, 4) is 17.4 Å². The van der Waals surface area contributed by atoms with Crippen LogP contribution in [0.3, 0.4) is 0 Å². The Morgan fingerprint density at radius 3 is 1.76 bits per heavy atom. The summed E-state index contributed by atoms with van der Waals surface area (Å²) in [6, 6.07) is 7.47. The van der Waals surface area contributed by atoms with Crippen molar-refractivity contribution in [3.63, 3.8) is 0 Å². The number of carbonyl (C=O) groups excluding carboxylic acids is 1. The Labute approximate surface area is 360 Å². The summed E-state index contributed by atoms with van der Waals surface area (Å²) in [4.78, 5) is 43.4. The van der Waals surface area contributed by atoms with Gasteiger partial charge in [-0.05, 0) is 102 Å². The quantitative estimate of drug-likeness (QED) is 0.0680. The fourth-order valence-corrected chi connectivity index (χ4v) is 5.33. The summed E-state index contributed by atoms with van der Waals surface area (Å²) in [5, 5.41) is 86.2. The van der Waals surface area contributed by atoms with Crippen LogP contribution in [0.4, 0.5) is 5.69 Å². The van der Waals surface area contributed by atoms with Gasteiger partial charge < -0.3 is 40.9 Å². The van der Waals surface area contributed by atoms with E-state index in [2.05, 4.69) is 35.7 Å². The third kappa shape index (κ3) is 12.9. The van der Waals surface area contributed by atoms with Crippen LogP contribution in [0.25, 0.3) is 11.4 Å². The lowest BCUT2D eigenvalue weighted by Crippen LogP contribution is -2.40. The molecule has 0 bridgehead atoms. The number of nitrogens with zero attached hydrogens (tertiary/aromatic N) is 8. The molecule has 0 aromatic carbocycles. The fourth-order valence-electron chi connectivity index (χ4n) is 5.33. The van der Waals surface area contributed by atoms with E-state index in [1.807, 2.05) is 38.2 Å². The number of aliphatic carboxylic acids is 2. The van der Waals surface area contributed by atoms with E-state index in [1.165, 1.54) is 13.8 Å². The lowest BCUT2D eigenvalue weighted by Gasteiger charge is -2.11. The second kappa shape index (κ2) is 21.3. The van der Waals surface area contributed by atoms with Gasteiger partial charge in [0.15, 0.2) is 30.5 Å². The van der Waals surface area contributed by atoms with Crippen LogP contribution in [0.5, 0.6) is 11.8 Å². The summed E-state index contributed by atoms with van der Waals surface area (Å²) in [5.41, 5.74) is 8.47. The number of anilines is 1. The van der Waals surface area contributed by atoms with E-state index in [9.17, 15) is 34.8 Å². The zero-order valence-corrected chi connectivity index (χ0v) is 34.8. The highest BCUT2D eigenvalue weighted by Crippen LogP contribution is 2.33. The zero-order chi connectivity index (χ0) is 46.5. The normalized spacial score (nSPS) is 15.7. The number of aromatic hydroxyl groups is 2. The van der Waals surface area contributed by atoms with Gasteiger partial charge in [0, 0.05) is 28.8 Å². The predicted octanol–water partition coefficient (Wildman–Crippen LogP) is 3.34. The van der Waals surface area contributed by atoms with Gasteiger partial charge in [-0.1, -0.05) is 0 Å². The molecular formula is C43H45N9O11+2. The highest BCUT2D eigenvalue weighted by atomic mass is 16.4. The van der Waals surface area contributed by atoms with Crippen molar-refractivity contribution in [2.45, 2.75) is 53.8 Å². The number of aliphatic hydroxyl groups excluding tert-OH is 4. The molecule has 1 aliphatic heterocycles. The number of aliphatic imine (C=N–C) groups is 2. The van der Waals surface area contributed by atoms with Crippen molar-refractivity contribution in [1.82, 2.24) is 4.98 Å². The molecule has 6 rings (SSSR count). The number of carbonyl (C=O) groups is 3. The summed E-state index contributed by atoms with van der Waals surface area (Å²) >= 11 is 0. The number of allylic oxidation sites excluding steroid dienone is 9. The van der Waals surface area contributed by atoms with E-state index in [1.54, 1.807) is 96.2 Å². The van der Waals surface area contributed by atoms with Gasteiger partial charge in [0.05, 0.1) is 28.3 Å². The minimum atomic E-state index is -1.23. The van der Waals surface area contributed by atoms with E-state index in [0.717, 1.165) is 11.1 Å². The molecule has 63 heavy (non-hydrogen) atoms. The van der Waals surface area contributed by atoms with Crippen molar-refractivity contribution in [3.05, 3.63) is 131 Å². The average Bonchev–Trinajstić information content (AvgIpc) is 3.21. The molecule has 0 spiro atoms. The van der Waals surface area contributed by atoms with Gasteiger partial charge in [0.25, 0.3) is 17.3 Å². The van der Waals surface area contributed by atoms with E-state index >= 15 is 0 Å². The average molecular weight is 864 g/mol. The lowest BCUT2D eigenvalue weighted by atomic mass is 10.1. The monoisotopic (exact) mass is 863 g/mol. The summed E-state index contributed by atoms with van der Waals surface area (Å²) in [7, 11) is 0. The molecule has 0 fully saturated rings. The lowest BCUT2D eigenvalue weighted by molar-refractivity contribution is -0.597. The molecule has 20 heteroatoms. The van der Waals surface area contributed by atoms with E-state index in [0.29, 0.717) is 39.5 Å². The number of nitrogens with one attached hydrogen (secondary N) is 1. The van der Waals surface area contributed by atoms with Gasteiger partial charge in [-0.3, -0.25) is 10.2 Å². The predicted molar refractivity (Wildman–Crippen MR) is 232 cm³/mol. The Morgan fingerprint density at radius 2 is 1.22 bits per heavy atom. The molecule has 9 N–H and O–H groups in total. The van der Waals surface area contributed by atoms with E-state index in [4.69, 9.17) is 20.4 Å². The number of hydrazone groups is 1. The molecule has 3 aromatic heterocycles. The maximum absolute atomic E-state index is 12.6. The molecule has 2 unspecified atom stereocenters. The van der Waals surface area contributed by atoms with Crippen LogP contribution in [0, 0.1) is 20.8 Å². The van der Waals surface area contributed by atoms with E-state index in [-0.39, 0.29) is 28.9 Å². The van der Waals surface area contributed by atoms with Gasteiger partial charge >= 0.3 is 17.8 Å². The summed E-state index contributed by atoms with van der Waals surface area (Å²) in [6.07, 6.45) is 17.8. The molecule has 3 aromatic rings. The number of amides is 1. The van der Waals surface area contributed by atoms with Gasteiger partial charge in [-0.2, -0.15) is 29.3 Å². The molecule has 2 atom stereocenters. The number of aryl methyl sites for hydroxylation is 2. The first-order valence-electron chi connectivity index (χ1n) is 18.7. The molecule has 0 saturated carbocycles. The summed E-state index contributed by atoms with van der Waals surface area (Å²) in [6.45, 7) is 9.62. The number of aromatic nitrogens is 3. The second-order valence-electron chi connectivity index (χ2n) is 13.7. The number of pyridine rings is 3. The molecule has 0 saturated heterocycles. The molecule has 1 amide bonds. The smallest absolute Gasteiger partial charge is 0.345 e. The SMILES string of the molecule is CC(O)C(=O)O.CC(O)C(=O)O.CC1=C([n+]2cccc(C)c2)C(=O)N=C(O)C1=NN=C1C=CC(=NC(O)=C2C=CC(=NNc3c(O)nc(O)c(-[n+]4cccc(C)c4)c3C)C=C2)C=C1. The first-order valence-corrected chi connectivity index (χ1v) is 18.7. The fraction of sp³-hybridized carbons (Fsp3) is 0.186. The number of aliphatic hydroxyl groups is 4. The van der Waals surface area contributed by atoms with Gasteiger partial charge in [0.2, 0.25) is 17.7 Å². The first kappa shape index (κ1) is 47.4. The number of rotatable bonds is 8. The number of hydrogen-bond acceptors (Lipinski definition) is 14. The number of dihydropyridines is 1. The third-order valence-corrected chi connectivity index (χ3v) is 8.61.